The lowest BCUT2D eigenvalue weighted by molar-refractivity contribution is 1.13. The number of benzene rings is 1. The Morgan fingerprint density at radius 3 is 2.50 bits per heavy atom. The van der Waals surface area contributed by atoms with Crippen LogP contribution >= 0.6 is 12.2 Å². The van der Waals surface area contributed by atoms with Gasteiger partial charge in [0.1, 0.15) is 5.71 Å². The van der Waals surface area contributed by atoms with Gasteiger partial charge < -0.3 is 0 Å². The van der Waals surface area contributed by atoms with Gasteiger partial charge in [0.15, 0.2) is 4.99 Å². The molecule has 0 amide bonds. The van der Waals surface area contributed by atoms with Crippen molar-refractivity contribution < 1.29 is 0 Å². The van der Waals surface area contributed by atoms with Gasteiger partial charge in [-0.2, -0.15) is 0 Å². The lowest BCUT2D eigenvalue weighted by atomic mass is 10.2. The van der Waals surface area contributed by atoms with Crippen molar-refractivity contribution in [1.82, 2.24) is 0 Å². The SMILES string of the molecule is S=C1N=NN=C1C=Cc1ccccc1. The van der Waals surface area contributed by atoms with Crippen LogP contribution in [0.3, 0.4) is 0 Å². The number of rotatable bonds is 2. The van der Waals surface area contributed by atoms with E-state index in [1.807, 2.05) is 42.5 Å². The summed E-state index contributed by atoms with van der Waals surface area (Å²) in [7, 11) is 0. The minimum atomic E-state index is 0.442. The number of hydrogen-bond donors (Lipinski definition) is 0. The van der Waals surface area contributed by atoms with Crippen LogP contribution in [0.5, 0.6) is 0 Å². The molecule has 0 unspecified atom stereocenters. The molecule has 1 heterocycles. The number of hydrogen-bond acceptors (Lipinski definition) is 3. The number of thiocarbonyl (C=S) groups is 1. The molecule has 0 aliphatic carbocycles. The molecular weight excluding hydrogens is 194 g/mol. The van der Waals surface area contributed by atoms with E-state index in [1.165, 1.54) is 0 Å². The quantitative estimate of drug-likeness (QED) is 0.678. The Bertz CT molecular complexity index is 432. The minimum absolute atomic E-state index is 0.442. The predicted molar refractivity (Wildman–Crippen MR) is 60.4 cm³/mol. The first-order chi connectivity index (χ1) is 6.86. The molecule has 0 radical (unpaired) electrons. The third-order valence-electron chi connectivity index (χ3n) is 1.74. The summed E-state index contributed by atoms with van der Waals surface area (Å²) in [6.45, 7) is 0. The van der Waals surface area contributed by atoms with E-state index in [0.717, 1.165) is 5.56 Å². The first kappa shape index (κ1) is 8.90. The molecular formula is C10H7N3S. The molecule has 2 rings (SSSR count). The van der Waals surface area contributed by atoms with Crippen LogP contribution in [0.4, 0.5) is 0 Å². The van der Waals surface area contributed by atoms with Gasteiger partial charge in [-0.05, 0) is 16.9 Å². The van der Waals surface area contributed by atoms with E-state index >= 15 is 0 Å². The van der Waals surface area contributed by atoms with Crippen molar-refractivity contribution in [2.75, 3.05) is 0 Å². The average Bonchev–Trinajstić information content (AvgIpc) is 2.63. The third-order valence-corrected chi connectivity index (χ3v) is 2.03. The highest BCUT2D eigenvalue weighted by atomic mass is 32.1. The van der Waals surface area contributed by atoms with Gasteiger partial charge in [-0.25, -0.2) is 0 Å². The van der Waals surface area contributed by atoms with Gasteiger partial charge in [0.05, 0.1) is 0 Å². The smallest absolute Gasteiger partial charge is 0.127 e. The van der Waals surface area contributed by atoms with Crippen LogP contribution in [0.15, 0.2) is 51.8 Å². The van der Waals surface area contributed by atoms with Crippen molar-refractivity contribution in [1.29, 1.82) is 0 Å². The monoisotopic (exact) mass is 201 g/mol. The summed E-state index contributed by atoms with van der Waals surface area (Å²) >= 11 is 4.91. The average molecular weight is 201 g/mol. The Kier molecular flexibility index (Phi) is 2.55. The van der Waals surface area contributed by atoms with Crippen molar-refractivity contribution >= 4 is 29.0 Å². The molecule has 1 aromatic carbocycles. The van der Waals surface area contributed by atoms with Crippen molar-refractivity contribution in [3.8, 4) is 0 Å². The molecule has 0 fully saturated rings. The zero-order valence-electron chi connectivity index (χ0n) is 7.29. The summed E-state index contributed by atoms with van der Waals surface area (Å²) in [6.07, 6.45) is 3.75. The lowest BCUT2D eigenvalue weighted by Gasteiger charge is -1.90. The molecule has 1 aliphatic rings. The van der Waals surface area contributed by atoms with Crippen molar-refractivity contribution in [3.05, 3.63) is 42.0 Å². The first-order valence-electron chi connectivity index (χ1n) is 4.12. The second-order valence-corrected chi connectivity index (χ2v) is 3.11. The molecule has 1 aromatic rings. The maximum Gasteiger partial charge on any atom is 0.178 e. The van der Waals surface area contributed by atoms with Crippen LogP contribution < -0.4 is 0 Å². The molecule has 0 atom stereocenters. The van der Waals surface area contributed by atoms with Crippen molar-refractivity contribution in [2.45, 2.75) is 0 Å². The Balaban J connectivity index is 2.13. The fourth-order valence-corrected chi connectivity index (χ4v) is 1.19. The molecule has 1 aliphatic heterocycles. The van der Waals surface area contributed by atoms with E-state index in [-0.39, 0.29) is 0 Å². The molecule has 3 nitrogen and oxygen atoms in total. The van der Waals surface area contributed by atoms with Gasteiger partial charge >= 0.3 is 0 Å². The minimum Gasteiger partial charge on any atom is -0.127 e. The van der Waals surface area contributed by atoms with Crippen molar-refractivity contribution in [2.24, 2.45) is 15.4 Å². The predicted octanol–water partition coefficient (Wildman–Crippen LogP) is 2.85. The van der Waals surface area contributed by atoms with Gasteiger partial charge in [-0.3, -0.25) is 0 Å². The Morgan fingerprint density at radius 1 is 1.07 bits per heavy atom. The largest absolute Gasteiger partial charge is 0.178 e. The number of nitrogens with zero attached hydrogens (tertiary/aromatic N) is 3. The third kappa shape index (κ3) is 1.97. The van der Waals surface area contributed by atoms with Gasteiger partial charge in [-0.15, -0.1) is 10.2 Å². The topological polar surface area (TPSA) is 37.1 Å². The molecule has 68 valence electrons. The fourth-order valence-electron chi connectivity index (χ4n) is 1.05. The maximum atomic E-state index is 4.91. The second-order valence-electron chi connectivity index (χ2n) is 2.72. The summed E-state index contributed by atoms with van der Waals surface area (Å²) in [6, 6.07) is 9.93. The van der Waals surface area contributed by atoms with Crippen LogP contribution in [-0.2, 0) is 0 Å². The molecule has 0 saturated carbocycles. The highest BCUT2D eigenvalue weighted by Gasteiger charge is 2.06. The normalized spacial score (nSPS) is 15.1. The summed E-state index contributed by atoms with van der Waals surface area (Å²) in [4.78, 5) is 0.442. The summed E-state index contributed by atoms with van der Waals surface area (Å²) in [5, 5.41) is 10.9. The van der Waals surface area contributed by atoms with E-state index in [4.69, 9.17) is 12.2 Å². The molecule has 14 heavy (non-hydrogen) atoms. The molecule has 4 heteroatoms. The molecule has 0 spiro atoms. The lowest BCUT2D eigenvalue weighted by Crippen LogP contribution is -1.99. The van der Waals surface area contributed by atoms with Crippen LogP contribution in [0.2, 0.25) is 0 Å². The van der Waals surface area contributed by atoms with E-state index in [0.29, 0.717) is 10.7 Å². The molecule has 0 aromatic heterocycles. The highest BCUT2D eigenvalue weighted by Crippen LogP contribution is 2.05. The van der Waals surface area contributed by atoms with Gasteiger partial charge in [-0.1, -0.05) is 48.6 Å². The zero-order chi connectivity index (χ0) is 9.80. The first-order valence-corrected chi connectivity index (χ1v) is 4.53. The summed E-state index contributed by atoms with van der Waals surface area (Å²) < 4.78 is 0. The second kappa shape index (κ2) is 4.02. The Hall–Kier alpha value is -1.68. The molecule has 0 saturated heterocycles. The van der Waals surface area contributed by atoms with Crippen LogP contribution in [-0.4, -0.2) is 10.7 Å². The van der Waals surface area contributed by atoms with E-state index < -0.39 is 0 Å². The van der Waals surface area contributed by atoms with Crippen LogP contribution in [0, 0.1) is 0 Å². The maximum absolute atomic E-state index is 4.91. The standard InChI is InChI=1S/C10H7N3S/c14-10-9(11-13-12-10)7-6-8-4-2-1-3-5-8/h1-7H. The Labute approximate surface area is 86.9 Å². The zero-order valence-corrected chi connectivity index (χ0v) is 8.11. The van der Waals surface area contributed by atoms with Gasteiger partial charge in [0, 0.05) is 0 Å². The summed E-state index contributed by atoms with van der Waals surface area (Å²) in [5.74, 6) is 0. The van der Waals surface area contributed by atoms with E-state index in [9.17, 15) is 0 Å². The van der Waals surface area contributed by atoms with Gasteiger partial charge in [0.2, 0.25) is 0 Å². The van der Waals surface area contributed by atoms with E-state index in [2.05, 4.69) is 15.4 Å². The van der Waals surface area contributed by atoms with Crippen LogP contribution in [0.25, 0.3) is 6.08 Å². The highest BCUT2D eigenvalue weighted by molar-refractivity contribution is 7.82. The molecule has 0 N–H and O–H groups in total. The Morgan fingerprint density at radius 2 is 1.86 bits per heavy atom. The fraction of sp³-hybridized carbons (Fsp3) is 0. The van der Waals surface area contributed by atoms with Crippen molar-refractivity contribution in [3.63, 3.8) is 0 Å². The summed E-state index contributed by atoms with van der Waals surface area (Å²) in [5.41, 5.74) is 1.74. The van der Waals surface area contributed by atoms with Gasteiger partial charge in [0.25, 0.3) is 0 Å². The van der Waals surface area contributed by atoms with Crippen LogP contribution in [0.1, 0.15) is 5.56 Å². The molecule has 0 bridgehead atoms. The van der Waals surface area contributed by atoms with E-state index in [1.54, 1.807) is 0 Å².